The summed E-state index contributed by atoms with van der Waals surface area (Å²) in [5.74, 6) is -0.384. The molecule has 1 aromatic rings. The number of aromatic nitrogens is 1. The Labute approximate surface area is 142 Å². The van der Waals surface area contributed by atoms with Gasteiger partial charge in [0.2, 0.25) is 5.91 Å². The van der Waals surface area contributed by atoms with Gasteiger partial charge in [-0.1, -0.05) is 6.07 Å². The van der Waals surface area contributed by atoms with Crippen molar-refractivity contribution in [1.82, 2.24) is 20.5 Å². The molecule has 2 unspecified atom stereocenters. The van der Waals surface area contributed by atoms with Crippen LogP contribution in [0.25, 0.3) is 0 Å². The van der Waals surface area contributed by atoms with E-state index in [0.717, 1.165) is 6.54 Å². The van der Waals surface area contributed by atoms with E-state index in [1.165, 1.54) is 0 Å². The summed E-state index contributed by atoms with van der Waals surface area (Å²) in [4.78, 5) is 29.7. The van der Waals surface area contributed by atoms with E-state index >= 15 is 0 Å². The lowest BCUT2D eigenvalue weighted by molar-refractivity contribution is -0.133. The number of hydrogen-bond acceptors (Lipinski definition) is 4. The van der Waals surface area contributed by atoms with E-state index in [4.69, 9.17) is 0 Å². The first-order valence-corrected chi connectivity index (χ1v) is 6.81. The SMILES string of the molecule is CC1NCCN(C(=O)CNC(=O)c2ccccn2)C1C.Cl.Cl. The summed E-state index contributed by atoms with van der Waals surface area (Å²) < 4.78 is 0. The number of piperazine rings is 1. The predicted octanol–water partition coefficient (Wildman–Crippen LogP) is 0.864. The van der Waals surface area contributed by atoms with Crippen molar-refractivity contribution in [2.45, 2.75) is 25.9 Å². The van der Waals surface area contributed by atoms with Crippen molar-refractivity contribution in [3.8, 4) is 0 Å². The zero-order valence-corrected chi connectivity index (χ0v) is 14.2. The van der Waals surface area contributed by atoms with E-state index < -0.39 is 0 Å². The molecule has 2 atom stereocenters. The molecule has 0 aromatic carbocycles. The monoisotopic (exact) mass is 348 g/mol. The van der Waals surface area contributed by atoms with Crippen LogP contribution in [-0.4, -0.2) is 53.4 Å². The zero-order valence-electron chi connectivity index (χ0n) is 12.6. The van der Waals surface area contributed by atoms with E-state index in [-0.39, 0.29) is 55.3 Å². The highest BCUT2D eigenvalue weighted by Crippen LogP contribution is 2.08. The second kappa shape index (κ2) is 9.61. The van der Waals surface area contributed by atoms with E-state index in [1.807, 2.05) is 6.92 Å². The molecule has 6 nitrogen and oxygen atoms in total. The number of nitrogens with one attached hydrogen (secondary N) is 2. The largest absolute Gasteiger partial charge is 0.342 e. The number of carbonyl (C=O) groups excluding carboxylic acids is 2. The van der Waals surface area contributed by atoms with Gasteiger partial charge in [-0.15, -0.1) is 24.8 Å². The first kappa shape index (κ1) is 20.6. The lowest BCUT2D eigenvalue weighted by Gasteiger charge is -2.38. The molecule has 2 rings (SSSR count). The predicted molar refractivity (Wildman–Crippen MR) is 89.7 cm³/mol. The zero-order chi connectivity index (χ0) is 14.5. The standard InChI is InChI=1S/C14H20N4O2.2ClH/c1-10-11(2)18(8-7-15-10)13(19)9-17-14(20)12-5-3-4-6-16-12;;/h3-6,10-11,15H,7-9H2,1-2H3,(H,17,20);2*1H. The molecule has 1 aliphatic heterocycles. The number of nitrogens with zero attached hydrogens (tertiary/aromatic N) is 2. The van der Waals surface area contributed by atoms with Crippen LogP contribution in [0.2, 0.25) is 0 Å². The summed E-state index contributed by atoms with van der Waals surface area (Å²) >= 11 is 0. The lowest BCUT2D eigenvalue weighted by Crippen LogP contribution is -2.58. The molecule has 1 fully saturated rings. The number of hydrogen-bond donors (Lipinski definition) is 2. The van der Waals surface area contributed by atoms with Crippen molar-refractivity contribution in [3.63, 3.8) is 0 Å². The highest BCUT2D eigenvalue weighted by molar-refractivity contribution is 5.94. The summed E-state index contributed by atoms with van der Waals surface area (Å²) in [6.45, 7) is 5.52. The molecule has 22 heavy (non-hydrogen) atoms. The molecule has 0 spiro atoms. The van der Waals surface area contributed by atoms with Crippen molar-refractivity contribution in [2.75, 3.05) is 19.6 Å². The van der Waals surface area contributed by atoms with Gasteiger partial charge in [0.05, 0.1) is 6.54 Å². The normalized spacial score (nSPS) is 20.4. The van der Waals surface area contributed by atoms with Crippen molar-refractivity contribution >= 4 is 36.6 Å². The van der Waals surface area contributed by atoms with E-state index in [0.29, 0.717) is 12.2 Å². The molecule has 2 amide bonds. The average molecular weight is 349 g/mol. The van der Waals surface area contributed by atoms with Gasteiger partial charge in [-0.3, -0.25) is 14.6 Å². The summed E-state index contributed by atoms with van der Waals surface area (Å²) in [6, 6.07) is 5.49. The van der Waals surface area contributed by atoms with Gasteiger partial charge in [-0.25, -0.2) is 0 Å². The molecule has 1 aliphatic rings. The van der Waals surface area contributed by atoms with Crippen LogP contribution in [0.3, 0.4) is 0 Å². The summed E-state index contributed by atoms with van der Waals surface area (Å²) in [5.41, 5.74) is 0.321. The van der Waals surface area contributed by atoms with Gasteiger partial charge in [0.1, 0.15) is 5.69 Å². The van der Waals surface area contributed by atoms with Crippen LogP contribution in [0.4, 0.5) is 0 Å². The van der Waals surface area contributed by atoms with Gasteiger partial charge in [-0.05, 0) is 26.0 Å². The first-order valence-electron chi connectivity index (χ1n) is 6.81. The smallest absolute Gasteiger partial charge is 0.270 e. The molecule has 1 aromatic heterocycles. The fraction of sp³-hybridized carbons (Fsp3) is 0.500. The quantitative estimate of drug-likeness (QED) is 0.849. The molecular weight excluding hydrogens is 327 g/mol. The topological polar surface area (TPSA) is 74.3 Å². The van der Waals surface area contributed by atoms with Crippen LogP contribution >= 0.6 is 24.8 Å². The summed E-state index contributed by atoms with van der Waals surface area (Å²) in [7, 11) is 0. The Morgan fingerprint density at radius 2 is 2.09 bits per heavy atom. The maximum Gasteiger partial charge on any atom is 0.270 e. The molecule has 0 saturated carbocycles. The van der Waals surface area contributed by atoms with Gasteiger partial charge in [0.15, 0.2) is 0 Å². The fourth-order valence-corrected chi connectivity index (χ4v) is 2.25. The number of amides is 2. The molecule has 0 aliphatic carbocycles. The lowest BCUT2D eigenvalue weighted by atomic mass is 10.1. The Morgan fingerprint density at radius 3 is 2.73 bits per heavy atom. The maximum atomic E-state index is 12.2. The van der Waals surface area contributed by atoms with E-state index in [9.17, 15) is 9.59 Å². The van der Waals surface area contributed by atoms with Gasteiger partial charge < -0.3 is 15.5 Å². The Hall–Kier alpha value is -1.37. The van der Waals surface area contributed by atoms with Crippen LogP contribution in [0.5, 0.6) is 0 Å². The minimum Gasteiger partial charge on any atom is -0.342 e. The highest BCUT2D eigenvalue weighted by atomic mass is 35.5. The average Bonchev–Trinajstić information content (AvgIpc) is 2.48. The van der Waals surface area contributed by atoms with Gasteiger partial charge in [-0.2, -0.15) is 0 Å². The third-order valence-electron chi connectivity index (χ3n) is 3.65. The number of pyridine rings is 1. The molecule has 124 valence electrons. The second-order valence-electron chi connectivity index (χ2n) is 4.97. The van der Waals surface area contributed by atoms with E-state index in [1.54, 1.807) is 29.3 Å². The van der Waals surface area contributed by atoms with Crippen LogP contribution in [0.1, 0.15) is 24.3 Å². The van der Waals surface area contributed by atoms with Gasteiger partial charge in [0.25, 0.3) is 5.91 Å². The Balaban J connectivity index is 0.00000220. The molecule has 2 N–H and O–H groups in total. The fourth-order valence-electron chi connectivity index (χ4n) is 2.25. The molecule has 0 radical (unpaired) electrons. The second-order valence-corrected chi connectivity index (χ2v) is 4.97. The molecule has 2 heterocycles. The van der Waals surface area contributed by atoms with Gasteiger partial charge >= 0.3 is 0 Å². The minimum absolute atomic E-state index is 0. The molecule has 8 heteroatoms. The molecule has 1 saturated heterocycles. The van der Waals surface area contributed by atoms with E-state index in [2.05, 4.69) is 22.5 Å². The third-order valence-corrected chi connectivity index (χ3v) is 3.65. The first-order chi connectivity index (χ1) is 9.59. The Bertz CT molecular complexity index is 487. The highest BCUT2D eigenvalue weighted by Gasteiger charge is 2.27. The van der Waals surface area contributed by atoms with Gasteiger partial charge in [0, 0.05) is 31.4 Å². The van der Waals surface area contributed by atoms with Crippen LogP contribution < -0.4 is 10.6 Å². The Kier molecular flexibility index (Phi) is 9.01. The van der Waals surface area contributed by atoms with Crippen molar-refractivity contribution in [2.24, 2.45) is 0 Å². The molecule has 0 bridgehead atoms. The van der Waals surface area contributed by atoms with Crippen LogP contribution in [0.15, 0.2) is 24.4 Å². The Morgan fingerprint density at radius 1 is 1.36 bits per heavy atom. The maximum absolute atomic E-state index is 12.2. The summed E-state index contributed by atoms with van der Waals surface area (Å²) in [5, 5.41) is 5.93. The number of carbonyl (C=O) groups is 2. The van der Waals surface area contributed by atoms with Crippen LogP contribution in [0, 0.1) is 0 Å². The minimum atomic E-state index is -0.324. The third kappa shape index (κ3) is 5.12. The van der Waals surface area contributed by atoms with Crippen LogP contribution in [-0.2, 0) is 4.79 Å². The van der Waals surface area contributed by atoms with Crippen molar-refractivity contribution in [1.29, 1.82) is 0 Å². The van der Waals surface area contributed by atoms with Crippen molar-refractivity contribution < 1.29 is 9.59 Å². The summed E-state index contributed by atoms with van der Waals surface area (Å²) in [6.07, 6.45) is 1.55. The number of halogens is 2. The number of rotatable bonds is 3. The van der Waals surface area contributed by atoms with Crippen molar-refractivity contribution in [3.05, 3.63) is 30.1 Å². The molecular formula is C14H22Cl2N4O2.